The van der Waals surface area contributed by atoms with Gasteiger partial charge in [-0.05, 0) is 18.1 Å². The molecule has 0 aliphatic heterocycles. The fourth-order valence-corrected chi connectivity index (χ4v) is 2.08. The number of pyridine rings is 1. The molecule has 0 spiro atoms. The van der Waals surface area contributed by atoms with Gasteiger partial charge in [-0.25, -0.2) is 0 Å². The van der Waals surface area contributed by atoms with Crippen LogP contribution in [0.15, 0.2) is 36.7 Å². The van der Waals surface area contributed by atoms with Crippen molar-refractivity contribution in [3.05, 3.63) is 42.2 Å². The molecule has 0 bridgehead atoms. The van der Waals surface area contributed by atoms with Crippen molar-refractivity contribution in [1.29, 1.82) is 0 Å². The molecule has 0 saturated heterocycles. The fourth-order valence-electron chi connectivity index (χ4n) is 2.08. The molecule has 0 saturated carbocycles. The predicted molar refractivity (Wildman–Crippen MR) is 82.5 cm³/mol. The number of anilines is 1. The molecule has 0 aliphatic carbocycles. The molecule has 2 aromatic rings. The molecule has 0 atom stereocenters. The number of nitrogens with one attached hydrogen (secondary N) is 1. The first kappa shape index (κ1) is 15.0. The van der Waals surface area contributed by atoms with E-state index in [0.29, 0.717) is 17.2 Å². The molecule has 0 radical (unpaired) electrons. The monoisotopic (exact) mass is 288 g/mol. The Morgan fingerprint density at radius 1 is 1.05 bits per heavy atom. The van der Waals surface area contributed by atoms with E-state index in [1.54, 1.807) is 27.5 Å². The van der Waals surface area contributed by atoms with Crippen molar-refractivity contribution in [2.75, 3.05) is 33.2 Å². The number of aromatic nitrogens is 1. The van der Waals surface area contributed by atoms with Gasteiger partial charge in [0, 0.05) is 36.8 Å². The second kappa shape index (κ2) is 7.38. The minimum absolute atomic E-state index is 0.595. The van der Waals surface area contributed by atoms with Crippen molar-refractivity contribution in [2.45, 2.75) is 6.42 Å². The van der Waals surface area contributed by atoms with E-state index >= 15 is 0 Å². The third-order valence-electron chi connectivity index (χ3n) is 3.13. The first-order chi connectivity index (χ1) is 10.3. The summed E-state index contributed by atoms with van der Waals surface area (Å²) in [4.78, 5) is 4.10. The van der Waals surface area contributed by atoms with Gasteiger partial charge >= 0.3 is 0 Å². The molecule has 1 N–H and O–H groups in total. The van der Waals surface area contributed by atoms with Crippen LogP contribution < -0.4 is 19.5 Å². The topological polar surface area (TPSA) is 52.6 Å². The molecule has 0 fully saturated rings. The zero-order valence-corrected chi connectivity index (χ0v) is 12.6. The molecule has 1 aromatic heterocycles. The van der Waals surface area contributed by atoms with E-state index in [9.17, 15) is 0 Å². The van der Waals surface area contributed by atoms with Crippen molar-refractivity contribution < 1.29 is 14.2 Å². The molecule has 5 nitrogen and oxygen atoms in total. The van der Waals surface area contributed by atoms with Gasteiger partial charge in [-0.1, -0.05) is 6.07 Å². The highest BCUT2D eigenvalue weighted by molar-refractivity contribution is 5.62. The molecule has 1 aromatic carbocycles. The van der Waals surface area contributed by atoms with Crippen molar-refractivity contribution in [2.24, 2.45) is 0 Å². The molecule has 2 rings (SSSR count). The van der Waals surface area contributed by atoms with E-state index < -0.39 is 0 Å². The number of hydrogen-bond acceptors (Lipinski definition) is 5. The third kappa shape index (κ3) is 3.78. The standard InChI is InChI=1S/C16H20N2O3/c1-19-14-9-13(10-15(20-2)16(14)21-3)18-8-6-12-5-4-7-17-11-12/h4-5,7,9-11,18H,6,8H2,1-3H3. The minimum atomic E-state index is 0.595. The maximum Gasteiger partial charge on any atom is 0.203 e. The molecule has 0 aliphatic rings. The van der Waals surface area contributed by atoms with Gasteiger partial charge in [-0.15, -0.1) is 0 Å². The van der Waals surface area contributed by atoms with Gasteiger partial charge in [0.2, 0.25) is 5.75 Å². The lowest BCUT2D eigenvalue weighted by Crippen LogP contribution is -2.06. The summed E-state index contributed by atoms with van der Waals surface area (Å²) in [6.45, 7) is 0.796. The van der Waals surface area contributed by atoms with E-state index in [-0.39, 0.29) is 0 Å². The highest BCUT2D eigenvalue weighted by atomic mass is 16.5. The van der Waals surface area contributed by atoms with Crippen LogP contribution in [0.3, 0.4) is 0 Å². The lowest BCUT2D eigenvalue weighted by molar-refractivity contribution is 0.324. The largest absolute Gasteiger partial charge is 0.493 e. The van der Waals surface area contributed by atoms with Crippen molar-refractivity contribution in [3.8, 4) is 17.2 Å². The summed E-state index contributed by atoms with van der Waals surface area (Å²) < 4.78 is 16.0. The van der Waals surface area contributed by atoms with E-state index in [2.05, 4.69) is 16.4 Å². The first-order valence-corrected chi connectivity index (χ1v) is 6.71. The Bertz CT molecular complexity index is 548. The highest BCUT2D eigenvalue weighted by Gasteiger charge is 2.12. The van der Waals surface area contributed by atoms with E-state index in [1.165, 1.54) is 5.56 Å². The van der Waals surface area contributed by atoms with Gasteiger partial charge in [0.05, 0.1) is 21.3 Å². The number of benzene rings is 1. The van der Waals surface area contributed by atoms with E-state index in [4.69, 9.17) is 14.2 Å². The highest BCUT2D eigenvalue weighted by Crippen LogP contribution is 2.39. The Labute approximate surface area is 124 Å². The second-order valence-corrected chi connectivity index (χ2v) is 4.45. The average Bonchev–Trinajstić information content (AvgIpc) is 2.54. The number of ether oxygens (including phenoxy) is 3. The van der Waals surface area contributed by atoms with Crippen LogP contribution in [0.4, 0.5) is 5.69 Å². The van der Waals surface area contributed by atoms with Gasteiger partial charge in [0.1, 0.15) is 0 Å². The van der Waals surface area contributed by atoms with Gasteiger partial charge in [-0.3, -0.25) is 4.98 Å². The number of nitrogens with zero attached hydrogens (tertiary/aromatic N) is 1. The molecule has 1 heterocycles. The molecular weight excluding hydrogens is 268 g/mol. The van der Waals surface area contributed by atoms with Gasteiger partial charge in [0.25, 0.3) is 0 Å². The quantitative estimate of drug-likeness (QED) is 0.849. The zero-order valence-electron chi connectivity index (χ0n) is 12.6. The summed E-state index contributed by atoms with van der Waals surface area (Å²) in [6.07, 6.45) is 4.54. The molecule has 112 valence electrons. The minimum Gasteiger partial charge on any atom is -0.493 e. The smallest absolute Gasteiger partial charge is 0.203 e. The van der Waals surface area contributed by atoms with Gasteiger partial charge in [0.15, 0.2) is 11.5 Å². The Hall–Kier alpha value is -2.43. The summed E-state index contributed by atoms with van der Waals surface area (Å²) >= 11 is 0. The maximum absolute atomic E-state index is 5.33. The van der Waals surface area contributed by atoms with Crippen LogP contribution in [0.25, 0.3) is 0 Å². The number of hydrogen-bond donors (Lipinski definition) is 1. The van der Waals surface area contributed by atoms with Crippen LogP contribution in [0.5, 0.6) is 17.2 Å². The Morgan fingerprint density at radius 2 is 1.76 bits per heavy atom. The van der Waals surface area contributed by atoms with Crippen molar-refractivity contribution in [3.63, 3.8) is 0 Å². The van der Waals surface area contributed by atoms with Crippen LogP contribution >= 0.6 is 0 Å². The second-order valence-electron chi connectivity index (χ2n) is 4.45. The fraction of sp³-hybridized carbons (Fsp3) is 0.312. The normalized spacial score (nSPS) is 10.0. The zero-order chi connectivity index (χ0) is 15.1. The van der Waals surface area contributed by atoms with Crippen LogP contribution in [-0.2, 0) is 6.42 Å². The van der Waals surface area contributed by atoms with E-state index in [1.807, 2.05) is 24.4 Å². The van der Waals surface area contributed by atoms with Crippen molar-refractivity contribution in [1.82, 2.24) is 4.98 Å². The average molecular weight is 288 g/mol. The molecular formula is C16H20N2O3. The summed E-state index contributed by atoms with van der Waals surface area (Å²) in [5.74, 6) is 1.87. The predicted octanol–water partition coefficient (Wildman–Crippen LogP) is 2.76. The van der Waals surface area contributed by atoms with E-state index in [0.717, 1.165) is 18.7 Å². The van der Waals surface area contributed by atoms with Crippen LogP contribution in [0.2, 0.25) is 0 Å². The van der Waals surface area contributed by atoms with Crippen LogP contribution in [0.1, 0.15) is 5.56 Å². The maximum atomic E-state index is 5.33. The lowest BCUT2D eigenvalue weighted by atomic mass is 10.2. The lowest BCUT2D eigenvalue weighted by Gasteiger charge is -2.15. The van der Waals surface area contributed by atoms with Gasteiger partial charge in [-0.2, -0.15) is 0 Å². The summed E-state index contributed by atoms with van der Waals surface area (Å²) in [7, 11) is 4.81. The molecule has 0 amide bonds. The van der Waals surface area contributed by atoms with Crippen molar-refractivity contribution >= 4 is 5.69 Å². The molecule has 0 unspecified atom stereocenters. The summed E-state index contributed by atoms with van der Waals surface area (Å²) in [5.41, 5.74) is 2.12. The Balaban J connectivity index is 2.06. The SMILES string of the molecule is COc1cc(NCCc2cccnc2)cc(OC)c1OC. The number of methoxy groups -OCH3 is 3. The third-order valence-corrected chi connectivity index (χ3v) is 3.13. The summed E-state index contributed by atoms with van der Waals surface area (Å²) in [5, 5.41) is 3.35. The van der Waals surface area contributed by atoms with Crippen LogP contribution in [-0.4, -0.2) is 32.9 Å². The molecule has 5 heteroatoms. The van der Waals surface area contributed by atoms with Gasteiger partial charge < -0.3 is 19.5 Å². The molecule has 21 heavy (non-hydrogen) atoms. The Morgan fingerprint density at radius 3 is 2.29 bits per heavy atom. The first-order valence-electron chi connectivity index (χ1n) is 6.71. The Kier molecular flexibility index (Phi) is 5.26. The van der Waals surface area contributed by atoms with Crippen LogP contribution in [0, 0.1) is 0 Å². The number of rotatable bonds is 7. The summed E-state index contributed by atoms with van der Waals surface area (Å²) in [6, 6.07) is 7.79.